The number of ether oxygens (including phenoxy) is 2. The molecule has 0 unspecified atom stereocenters. The number of urea groups is 1. The summed E-state index contributed by atoms with van der Waals surface area (Å²) in [5.74, 6) is -1.75. The number of hydrogen-bond acceptors (Lipinski definition) is 8. The molecule has 3 rings (SSSR count). The van der Waals surface area contributed by atoms with Crippen LogP contribution in [0.2, 0.25) is 5.02 Å². The van der Waals surface area contributed by atoms with Crippen molar-refractivity contribution in [2.45, 2.75) is 128 Å². The maximum atomic E-state index is 13.4. The van der Waals surface area contributed by atoms with Crippen LogP contribution in [0.25, 0.3) is 11.1 Å². The number of carbonyl (C=O) groups excluding carboxylic acids is 4. The number of anilines is 1. The zero-order chi connectivity index (χ0) is 35.3. The molecule has 0 fully saturated rings. The molecule has 11 nitrogen and oxygen atoms in total. The van der Waals surface area contributed by atoms with Gasteiger partial charge in [-0.05, 0) is 49.4 Å². The van der Waals surface area contributed by atoms with Crippen LogP contribution in [0.5, 0.6) is 0 Å². The van der Waals surface area contributed by atoms with Gasteiger partial charge in [-0.1, -0.05) is 113 Å². The standard InChI is InChI=1S/C37H51ClN4O7/c1-2-3-4-5-6-7-8-9-10-11-15-19-29(25-33(39)43)48-35(45)30(20-16-21-34(44)47-26-27-17-13-12-14-18-27)40-36(46)42-37-41-31-24-28(38)22-23-32(31)49-37/h12-14,17-18,22-24,29-30H,2-11,15-16,19-21,25-26H2,1H3,(H2,39,43)(H2,40,41,42,46)/t29-,30-/m0/s1. The van der Waals surface area contributed by atoms with Gasteiger partial charge >= 0.3 is 24.0 Å². The third-order valence-electron chi connectivity index (χ3n) is 8.12. The number of esters is 2. The number of carbonyl (C=O) groups is 4. The summed E-state index contributed by atoms with van der Waals surface area (Å²) >= 11 is 6.02. The average Bonchev–Trinajstić information content (AvgIpc) is 3.47. The van der Waals surface area contributed by atoms with Crippen molar-refractivity contribution in [1.29, 1.82) is 0 Å². The Hall–Kier alpha value is -4.12. The van der Waals surface area contributed by atoms with Crippen molar-refractivity contribution in [3.63, 3.8) is 0 Å². The lowest BCUT2D eigenvalue weighted by atomic mass is 10.0. The van der Waals surface area contributed by atoms with Crippen molar-refractivity contribution in [3.05, 3.63) is 59.1 Å². The normalized spacial score (nSPS) is 12.3. The molecule has 3 aromatic rings. The fourth-order valence-corrected chi connectivity index (χ4v) is 5.63. The molecule has 49 heavy (non-hydrogen) atoms. The van der Waals surface area contributed by atoms with Gasteiger partial charge in [-0.15, -0.1) is 0 Å². The Bertz CT molecular complexity index is 1450. The van der Waals surface area contributed by atoms with E-state index in [4.69, 9.17) is 31.2 Å². The number of nitrogens with one attached hydrogen (secondary N) is 2. The molecule has 0 saturated heterocycles. The van der Waals surface area contributed by atoms with Gasteiger partial charge in [-0.2, -0.15) is 4.98 Å². The predicted molar refractivity (Wildman–Crippen MR) is 190 cm³/mol. The molecule has 0 saturated carbocycles. The van der Waals surface area contributed by atoms with Crippen LogP contribution < -0.4 is 16.4 Å². The van der Waals surface area contributed by atoms with Crippen molar-refractivity contribution in [3.8, 4) is 0 Å². The molecule has 268 valence electrons. The second-order valence-electron chi connectivity index (χ2n) is 12.4. The number of fused-ring (bicyclic) bond motifs is 1. The van der Waals surface area contributed by atoms with E-state index in [0.717, 1.165) is 31.2 Å². The van der Waals surface area contributed by atoms with Crippen molar-refractivity contribution >= 4 is 52.6 Å². The van der Waals surface area contributed by atoms with E-state index in [2.05, 4.69) is 22.5 Å². The summed E-state index contributed by atoms with van der Waals surface area (Å²) in [5, 5.41) is 5.55. The van der Waals surface area contributed by atoms with Crippen LogP contribution >= 0.6 is 11.6 Å². The smallest absolute Gasteiger partial charge is 0.328 e. The number of nitrogens with two attached hydrogens (primary N) is 1. The van der Waals surface area contributed by atoms with Gasteiger partial charge in [0.05, 0.1) is 6.42 Å². The Balaban J connectivity index is 1.53. The number of benzene rings is 2. The highest BCUT2D eigenvalue weighted by Crippen LogP contribution is 2.22. The average molecular weight is 699 g/mol. The first kappa shape index (κ1) is 39.3. The molecule has 0 aliphatic carbocycles. The lowest BCUT2D eigenvalue weighted by Crippen LogP contribution is -2.45. The van der Waals surface area contributed by atoms with Gasteiger partial charge in [-0.25, -0.2) is 9.59 Å². The second kappa shape index (κ2) is 22.5. The molecule has 0 bridgehead atoms. The summed E-state index contributed by atoms with van der Waals surface area (Å²) in [4.78, 5) is 54.8. The van der Waals surface area contributed by atoms with E-state index in [-0.39, 0.29) is 38.3 Å². The second-order valence-corrected chi connectivity index (χ2v) is 12.8. The third-order valence-corrected chi connectivity index (χ3v) is 8.35. The Morgan fingerprint density at radius 3 is 2.22 bits per heavy atom. The third kappa shape index (κ3) is 16.2. The molecule has 0 aliphatic heterocycles. The summed E-state index contributed by atoms with van der Waals surface area (Å²) in [6, 6.07) is 12.2. The summed E-state index contributed by atoms with van der Waals surface area (Å²) in [6.45, 7) is 2.35. The molecule has 0 aliphatic rings. The zero-order valence-corrected chi connectivity index (χ0v) is 29.3. The number of aromatic nitrogens is 1. The highest BCUT2D eigenvalue weighted by molar-refractivity contribution is 6.31. The van der Waals surface area contributed by atoms with E-state index >= 15 is 0 Å². The van der Waals surface area contributed by atoms with Gasteiger partial charge in [0.1, 0.15) is 24.3 Å². The minimum absolute atomic E-state index is 0.0231. The number of rotatable bonds is 24. The van der Waals surface area contributed by atoms with Crippen LogP contribution in [0.4, 0.5) is 10.8 Å². The highest BCUT2D eigenvalue weighted by Gasteiger charge is 2.27. The van der Waals surface area contributed by atoms with E-state index < -0.39 is 36.0 Å². The molecule has 3 amide bonds. The van der Waals surface area contributed by atoms with Gasteiger partial charge in [0.25, 0.3) is 0 Å². The predicted octanol–water partition coefficient (Wildman–Crippen LogP) is 8.37. The fourth-order valence-electron chi connectivity index (χ4n) is 5.46. The number of amides is 3. The SMILES string of the molecule is CCCCCCCCCCCCC[C@@H](CC(N)=O)OC(=O)[C@H](CCCC(=O)OCc1ccccc1)NC(=O)Nc1nc2cc(Cl)ccc2o1. The largest absolute Gasteiger partial charge is 0.461 e. The monoisotopic (exact) mass is 698 g/mol. The number of unbranched alkanes of at least 4 members (excludes halogenated alkanes) is 10. The Morgan fingerprint density at radius 2 is 1.55 bits per heavy atom. The van der Waals surface area contributed by atoms with Gasteiger partial charge in [0, 0.05) is 11.4 Å². The molecular formula is C37H51ClN4O7. The van der Waals surface area contributed by atoms with Crippen LogP contribution in [0, 0.1) is 0 Å². The molecule has 0 radical (unpaired) electrons. The summed E-state index contributed by atoms with van der Waals surface area (Å²) in [5.41, 5.74) is 7.20. The lowest BCUT2D eigenvalue weighted by molar-refractivity contribution is -0.153. The first-order valence-electron chi connectivity index (χ1n) is 17.6. The summed E-state index contributed by atoms with van der Waals surface area (Å²) in [7, 11) is 0. The van der Waals surface area contributed by atoms with E-state index in [1.165, 1.54) is 44.9 Å². The molecular weight excluding hydrogens is 648 g/mol. The maximum Gasteiger partial charge on any atom is 0.328 e. The van der Waals surface area contributed by atoms with Crippen LogP contribution in [-0.4, -0.2) is 41.0 Å². The van der Waals surface area contributed by atoms with Gasteiger partial charge < -0.3 is 24.9 Å². The van der Waals surface area contributed by atoms with E-state index in [1.807, 2.05) is 30.3 Å². The van der Waals surface area contributed by atoms with Crippen molar-refractivity contribution in [1.82, 2.24) is 10.3 Å². The molecule has 2 atom stereocenters. The molecule has 0 spiro atoms. The summed E-state index contributed by atoms with van der Waals surface area (Å²) in [6.07, 6.45) is 12.8. The van der Waals surface area contributed by atoms with Crippen molar-refractivity contribution in [2.75, 3.05) is 5.32 Å². The van der Waals surface area contributed by atoms with Crippen molar-refractivity contribution < 1.29 is 33.1 Å². The van der Waals surface area contributed by atoms with Crippen LogP contribution in [0.3, 0.4) is 0 Å². The van der Waals surface area contributed by atoms with Crippen molar-refractivity contribution in [2.24, 2.45) is 5.73 Å². The number of oxazole rings is 1. The van der Waals surface area contributed by atoms with Gasteiger partial charge in [-0.3, -0.25) is 14.9 Å². The van der Waals surface area contributed by atoms with Crippen LogP contribution in [-0.2, 0) is 30.5 Å². The van der Waals surface area contributed by atoms with E-state index in [1.54, 1.807) is 18.2 Å². The lowest BCUT2D eigenvalue weighted by Gasteiger charge is -2.22. The Kier molecular flexibility index (Phi) is 18.1. The number of nitrogens with zero attached hydrogens (tertiary/aromatic N) is 1. The highest BCUT2D eigenvalue weighted by atomic mass is 35.5. The molecule has 12 heteroatoms. The van der Waals surface area contributed by atoms with Gasteiger partial charge in [0.15, 0.2) is 5.58 Å². The zero-order valence-electron chi connectivity index (χ0n) is 28.6. The fraction of sp³-hybridized carbons (Fsp3) is 0.541. The molecule has 4 N–H and O–H groups in total. The Labute approximate surface area is 294 Å². The molecule has 1 heterocycles. The topological polar surface area (TPSA) is 163 Å². The number of hydrogen-bond donors (Lipinski definition) is 3. The van der Waals surface area contributed by atoms with Crippen LogP contribution in [0.15, 0.2) is 52.9 Å². The van der Waals surface area contributed by atoms with Gasteiger partial charge in [0.2, 0.25) is 5.91 Å². The minimum atomic E-state index is -1.13. The first-order chi connectivity index (χ1) is 23.7. The summed E-state index contributed by atoms with van der Waals surface area (Å²) < 4.78 is 16.6. The number of primary amides is 1. The Morgan fingerprint density at radius 1 is 0.878 bits per heavy atom. The minimum Gasteiger partial charge on any atom is -0.461 e. The molecule has 1 aromatic heterocycles. The quantitative estimate of drug-likeness (QED) is 0.0620. The van der Waals surface area contributed by atoms with E-state index in [0.29, 0.717) is 22.5 Å². The maximum absolute atomic E-state index is 13.4. The van der Waals surface area contributed by atoms with E-state index in [9.17, 15) is 19.2 Å². The first-order valence-corrected chi connectivity index (χ1v) is 17.9. The van der Waals surface area contributed by atoms with Crippen LogP contribution in [0.1, 0.15) is 115 Å². The molecule has 2 aromatic carbocycles. The number of halogens is 1.